The standard InChI is InChI=1S/C5H6N2O3/c1-9-5(8)10-7-3-2-6-4-7/h2-4H,1H3. The van der Waals surface area contributed by atoms with Crippen LogP contribution in [0.5, 0.6) is 0 Å². The zero-order valence-electron chi connectivity index (χ0n) is 5.35. The number of carbonyl (C=O) groups excluding carboxylic acids is 1. The van der Waals surface area contributed by atoms with Crippen LogP contribution in [0.25, 0.3) is 0 Å². The summed E-state index contributed by atoms with van der Waals surface area (Å²) in [7, 11) is 1.24. The predicted octanol–water partition coefficient (Wildman–Crippen LogP) is 0.0781. The first kappa shape index (κ1) is 6.60. The number of methoxy groups -OCH3 is 1. The van der Waals surface area contributed by atoms with Gasteiger partial charge in [0.2, 0.25) is 0 Å². The molecule has 0 aromatic carbocycles. The molecule has 1 heterocycles. The zero-order valence-corrected chi connectivity index (χ0v) is 5.35. The van der Waals surface area contributed by atoms with Gasteiger partial charge in [0.25, 0.3) is 0 Å². The van der Waals surface area contributed by atoms with Gasteiger partial charge in [0.15, 0.2) is 0 Å². The second-order valence-electron chi connectivity index (χ2n) is 1.47. The number of hydrogen-bond donors (Lipinski definition) is 0. The van der Waals surface area contributed by atoms with E-state index in [4.69, 9.17) is 0 Å². The molecule has 5 heteroatoms. The van der Waals surface area contributed by atoms with Crippen molar-refractivity contribution in [2.45, 2.75) is 0 Å². The third-order valence-corrected chi connectivity index (χ3v) is 0.827. The molecule has 54 valence electrons. The summed E-state index contributed by atoms with van der Waals surface area (Å²) in [5, 5.41) is 0. The van der Waals surface area contributed by atoms with Crippen molar-refractivity contribution in [1.82, 2.24) is 9.71 Å². The van der Waals surface area contributed by atoms with Crippen molar-refractivity contribution in [1.29, 1.82) is 0 Å². The largest absolute Gasteiger partial charge is 0.533 e. The normalized spacial score (nSPS) is 8.90. The van der Waals surface area contributed by atoms with E-state index in [1.165, 1.54) is 25.8 Å². The Morgan fingerprint density at radius 3 is 3.00 bits per heavy atom. The monoisotopic (exact) mass is 142 g/mol. The van der Waals surface area contributed by atoms with Crippen molar-refractivity contribution < 1.29 is 14.4 Å². The number of ether oxygens (including phenoxy) is 1. The van der Waals surface area contributed by atoms with Gasteiger partial charge in [0, 0.05) is 6.20 Å². The topological polar surface area (TPSA) is 53.4 Å². The molecule has 0 fully saturated rings. The summed E-state index contributed by atoms with van der Waals surface area (Å²) in [6.45, 7) is 0. The van der Waals surface area contributed by atoms with Gasteiger partial charge in [-0.05, 0) is 0 Å². The maximum Gasteiger partial charge on any atom is 0.533 e. The summed E-state index contributed by atoms with van der Waals surface area (Å²) in [5.74, 6) is 0. The molecular weight excluding hydrogens is 136 g/mol. The minimum absolute atomic E-state index is 0.766. The fourth-order valence-corrected chi connectivity index (χ4v) is 0.424. The van der Waals surface area contributed by atoms with Gasteiger partial charge in [0.05, 0.1) is 13.3 Å². The molecule has 0 spiro atoms. The van der Waals surface area contributed by atoms with E-state index in [2.05, 4.69) is 14.6 Å². The molecule has 0 unspecified atom stereocenters. The van der Waals surface area contributed by atoms with Crippen LogP contribution in [0, 0.1) is 0 Å². The molecule has 0 saturated carbocycles. The molecule has 0 aliphatic rings. The Morgan fingerprint density at radius 1 is 1.70 bits per heavy atom. The van der Waals surface area contributed by atoms with Crippen molar-refractivity contribution in [2.75, 3.05) is 7.11 Å². The molecule has 0 aliphatic carbocycles. The highest BCUT2D eigenvalue weighted by atomic mass is 16.8. The molecule has 1 aromatic heterocycles. The van der Waals surface area contributed by atoms with Gasteiger partial charge in [-0.3, -0.25) is 0 Å². The number of imidazole rings is 1. The average Bonchev–Trinajstić information content (AvgIpc) is 2.40. The number of nitrogens with zero attached hydrogens (tertiary/aromatic N) is 2. The van der Waals surface area contributed by atoms with Gasteiger partial charge in [-0.15, -0.1) is 0 Å². The lowest BCUT2D eigenvalue weighted by Gasteiger charge is -1.98. The molecule has 0 amide bonds. The van der Waals surface area contributed by atoms with Gasteiger partial charge >= 0.3 is 6.16 Å². The molecule has 0 saturated heterocycles. The van der Waals surface area contributed by atoms with E-state index < -0.39 is 6.16 Å². The minimum atomic E-state index is -0.766. The highest BCUT2D eigenvalue weighted by molar-refractivity contribution is 5.59. The summed E-state index contributed by atoms with van der Waals surface area (Å²) < 4.78 is 5.36. The Labute approximate surface area is 57.1 Å². The van der Waals surface area contributed by atoms with Crippen LogP contribution in [-0.4, -0.2) is 23.0 Å². The van der Waals surface area contributed by atoms with E-state index in [0.29, 0.717) is 0 Å². The lowest BCUT2D eigenvalue weighted by atomic mass is 11.0. The first-order chi connectivity index (χ1) is 4.83. The molecule has 10 heavy (non-hydrogen) atoms. The Kier molecular flexibility index (Phi) is 1.89. The molecule has 5 nitrogen and oxygen atoms in total. The van der Waals surface area contributed by atoms with Crippen molar-refractivity contribution in [3.05, 3.63) is 18.7 Å². The number of carbonyl (C=O) groups is 1. The Morgan fingerprint density at radius 2 is 2.50 bits per heavy atom. The summed E-state index contributed by atoms with van der Waals surface area (Å²) in [5.41, 5.74) is 0. The lowest BCUT2D eigenvalue weighted by Crippen LogP contribution is -2.17. The first-order valence-corrected chi connectivity index (χ1v) is 2.57. The van der Waals surface area contributed by atoms with Crippen molar-refractivity contribution in [3.63, 3.8) is 0 Å². The first-order valence-electron chi connectivity index (χ1n) is 2.57. The van der Waals surface area contributed by atoms with E-state index >= 15 is 0 Å². The van der Waals surface area contributed by atoms with E-state index in [1.807, 2.05) is 0 Å². The van der Waals surface area contributed by atoms with Gasteiger partial charge < -0.3 is 9.57 Å². The van der Waals surface area contributed by atoms with Crippen molar-refractivity contribution >= 4 is 6.16 Å². The van der Waals surface area contributed by atoms with Crippen molar-refractivity contribution in [3.8, 4) is 0 Å². The molecule has 0 bridgehead atoms. The molecular formula is C5H6N2O3. The molecule has 1 rings (SSSR count). The fraction of sp³-hybridized carbons (Fsp3) is 0.200. The van der Waals surface area contributed by atoms with E-state index in [0.717, 1.165) is 4.73 Å². The summed E-state index contributed by atoms with van der Waals surface area (Å²) >= 11 is 0. The van der Waals surface area contributed by atoms with E-state index in [1.54, 1.807) is 0 Å². The maximum atomic E-state index is 10.4. The van der Waals surface area contributed by atoms with E-state index in [9.17, 15) is 4.79 Å². The Balaban J connectivity index is 2.48. The summed E-state index contributed by atoms with van der Waals surface area (Å²) in [6.07, 6.45) is 3.55. The fourth-order valence-electron chi connectivity index (χ4n) is 0.424. The molecule has 0 atom stereocenters. The number of hydrogen-bond acceptors (Lipinski definition) is 4. The van der Waals surface area contributed by atoms with Crippen LogP contribution in [-0.2, 0) is 4.74 Å². The Hall–Kier alpha value is -1.52. The molecule has 0 N–H and O–H groups in total. The van der Waals surface area contributed by atoms with Gasteiger partial charge in [-0.1, -0.05) is 0 Å². The van der Waals surface area contributed by atoms with E-state index in [-0.39, 0.29) is 0 Å². The van der Waals surface area contributed by atoms with Crippen LogP contribution < -0.4 is 4.84 Å². The van der Waals surface area contributed by atoms with Crippen LogP contribution in [0.3, 0.4) is 0 Å². The second-order valence-corrected chi connectivity index (χ2v) is 1.47. The predicted molar refractivity (Wildman–Crippen MR) is 31.2 cm³/mol. The third kappa shape index (κ3) is 1.48. The third-order valence-electron chi connectivity index (χ3n) is 0.827. The molecule has 0 radical (unpaired) electrons. The van der Waals surface area contributed by atoms with Gasteiger partial charge in [-0.2, -0.15) is 4.73 Å². The van der Waals surface area contributed by atoms with Crippen LogP contribution in [0.15, 0.2) is 18.7 Å². The van der Waals surface area contributed by atoms with Crippen LogP contribution in [0.4, 0.5) is 4.79 Å². The average molecular weight is 142 g/mol. The number of rotatable bonds is 1. The highest BCUT2D eigenvalue weighted by Gasteiger charge is 1.99. The maximum absolute atomic E-state index is 10.4. The van der Waals surface area contributed by atoms with Crippen LogP contribution in [0.2, 0.25) is 0 Å². The second kappa shape index (κ2) is 2.86. The molecule has 1 aromatic rings. The SMILES string of the molecule is COC(=O)On1ccnc1. The zero-order chi connectivity index (χ0) is 7.40. The minimum Gasteiger partial charge on any atom is -0.436 e. The molecule has 0 aliphatic heterocycles. The van der Waals surface area contributed by atoms with Crippen molar-refractivity contribution in [2.24, 2.45) is 0 Å². The van der Waals surface area contributed by atoms with Gasteiger partial charge in [-0.25, -0.2) is 9.78 Å². The quantitative estimate of drug-likeness (QED) is 0.521. The summed E-state index contributed by atoms with van der Waals surface area (Å²) in [4.78, 5) is 18.5. The van der Waals surface area contributed by atoms with Crippen LogP contribution >= 0.6 is 0 Å². The Bertz CT molecular complexity index is 207. The number of aromatic nitrogens is 2. The lowest BCUT2D eigenvalue weighted by molar-refractivity contribution is 0.0640. The van der Waals surface area contributed by atoms with Gasteiger partial charge in [0.1, 0.15) is 6.33 Å². The summed E-state index contributed by atoms with van der Waals surface area (Å²) in [6, 6.07) is 0. The highest BCUT2D eigenvalue weighted by Crippen LogP contribution is 1.82. The van der Waals surface area contributed by atoms with Crippen LogP contribution in [0.1, 0.15) is 0 Å². The smallest absolute Gasteiger partial charge is 0.436 e.